The second kappa shape index (κ2) is 4.50. The molecule has 6 nitrogen and oxygen atoms in total. The van der Waals surface area contributed by atoms with Crippen molar-refractivity contribution in [2.24, 2.45) is 47.3 Å². The summed E-state index contributed by atoms with van der Waals surface area (Å²) in [5, 5.41) is 0. The van der Waals surface area contributed by atoms with Crippen LogP contribution < -0.4 is 0 Å². The Kier molecular flexibility index (Phi) is 2.51. The van der Waals surface area contributed by atoms with Gasteiger partial charge in [-0.2, -0.15) is 0 Å². The van der Waals surface area contributed by atoms with Gasteiger partial charge < -0.3 is 9.47 Å². The van der Waals surface area contributed by atoms with Crippen molar-refractivity contribution in [2.45, 2.75) is 38.9 Å². The maximum Gasteiger partial charge on any atom is 0.303 e. The Labute approximate surface area is 161 Å². The van der Waals surface area contributed by atoms with Gasteiger partial charge in [0.2, 0.25) is 0 Å². The summed E-state index contributed by atoms with van der Waals surface area (Å²) in [6.07, 6.45) is -0.159. The molecular formula is C22H20O6. The molecule has 8 bridgehead atoms. The molecule has 4 fully saturated rings. The molecule has 144 valence electrons. The smallest absolute Gasteiger partial charge is 0.303 e. The molecule has 0 N–H and O–H groups in total. The number of Topliss-reactive ketones (excluding diaryl/α,β-unsaturated/α-hetero) is 2. The van der Waals surface area contributed by atoms with E-state index in [1.807, 2.05) is 0 Å². The molecule has 0 heterocycles. The Morgan fingerprint density at radius 2 is 1.04 bits per heavy atom. The molecule has 8 aliphatic carbocycles. The highest BCUT2D eigenvalue weighted by molar-refractivity contribution is 6.07. The Morgan fingerprint density at radius 3 is 1.36 bits per heavy atom. The van der Waals surface area contributed by atoms with Gasteiger partial charge in [0.25, 0.3) is 0 Å². The topological polar surface area (TPSA) is 86.7 Å². The number of ketones is 2. The minimum absolute atomic E-state index is 0.0269. The monoisotopic (exact) mass is 380 g/mol. The molecule has 0 radical (unpaired) electrons. The van der Waals surface area contributed by atoms with Crippen molar-refractivity contribution >= 4 is 23.5 Å². The third-order valence-electron chi connectivity index (χ3n) is 8.91. The van der Waals surface area contributed by atoms with Crippen molar-refractivity contribution in [1.82, 2.24) is 0 Å². The van der Waals surface area contributed by atoms with Crippen LogP contribution in [0.1, 0.15) is 26.7 Å². The Bertz CT molecular complexity index is 920. The number of hydrogen-bond acceptors (Lipinski definition) is 6. The van der Waals surface area contributed by atoms with Crippen molar-refractivity contribution in [1.29, 1.82) is 0 Å². The van der Waals surface area contributed by atoms with Gasteiger partial charge in [-0.25, -0.2) is 0 Å². The number of rotatable bonds is 2. The van der Waals surface area contributed by atoms with Gasteiger partial charge in [0.05, 0.1) is 0 Å². The van der Waals surface area contributed by atoms with Crippen molar-refractivity contribution < 1.29 is 28.7 Å². The molecule has 0 aromatic rings. The van der Waals surface area contributed by atoms with E-state index in [-0.39, 0.29) is 11.6 Å². The summed E-state index contributed by atoms with van der Waals surface area (Å²) in [6.45, 7) is 2.71. The first-order valence-corrected chi connectivity index (χ1v) is 10.3. The normalized spacial score (nSPS) is 50.4. The fourth-order valence-corrected chi connectivity index (χ4v) is 8.98. The molecule has 4 saturated carbocycles. The summed E-state index contributed by atoms with van der Waals surface area (Å²) in [7, 11) is 0. The number of ether oxygens (including phenoxy) is 2. The number of carbonyl (C=O) groups is 4. The fourth-order valence-electron chi connectivity index (χ4n) is 8.98. The van der Waals surface area contributed by atoms with E-state index >= 15 is 0 Å². The SMILES string of the molecule is CC(=O)O[C@H]1CC2=C(C1=O)C1[C@H]3C4C5=C(C(=O)[C@@H](OC(C)=O)C5)C5[C@H]3C2[C@H]1[C@@H]45. The lowest BCUT2D eigenvalue weighted by molar-refractivity contribution is -0.151. The lowest BCUT2D eigenvalue weighted by atomic mass is 9.68. The van der Waals surface area contributed by atoms with Gasteiger partial charge in [-0.05, 0) is 47.3 Å². The first-order chi connectivity index (χ1) is 13.4. The lowest BCUT2D eigenvalue weighted by Crippen LogP contribution is -2.33. The van der Waals surface area contributed by atoms with Gasteiger partial charge in [-0.15, -0.1) is 0 Å². The van der Waals surface area contributed by atoms with Gasteiger partial charge in [0, 0.05) is 37.8 Å². The standard InChI is InChI=1S/C22H20O6/c1-5(23)27-9-3-7-11-15-16-12-8-4-10(28-6(2)24)22(26)14(8)20(16)17(11)18(12)19(15)13(7)21(9)25/h9-12,15-20H,3-4H2,1-2H3/t9-,10-,11?,12?,15-,16+,17-,18-,19?,20?/m0/s1. The molecule has 0 aliphatic heterocycles. The number of carbonyl (C=O) groups excluding carboxylic acids is 4. The molecule has 0 amide bonds. The molecular weight excluding hydrogens is 360 g/mol. The highest BCUT2D eigenvalue weighted by Crippen LogP contribution is 2.85. The zero-order valence-corrected chi connectivity index (χ0v) is 15.6. The van der Waals surface area contributed by atoms with E-state index in [0.29, 0.717) is 60.2 Å². The van der Waals surface area contributed by atoms with Crippen LogP contribution in [0.25, 0.3) is 0 Å². The maximum absolute atomic E-state index is 13.0. The van der Waals surface area contributed by atoms with Crippen LogP contribution in [0, 0.1) is 47.3 Å². The third kappa shape index (κ3) is 1.40. The molecule has 0 saturated heterocycles. The van der Waals surface area contributed by atoms with E-state index in [9.17, 15) is 19.2 Å². The van der Waals surface area contributed by atoms with Crippen LogP contribution in [-0.2, 0) is 28.7 Å². The molecule has 8 rings (SSSR count). The molecule has 6 heteroatoms. The van der Waals surface area contributed by atoms with Gasteiger partial charge >= 0.3 is 11.9 Å². The van der Waals surface area contributed by atoms with E-state index in [1.165, 1.54) is 25.0 Å². The predicted octanol–water partition coefficient (Wildman–Crippen LogP) is 1.39. The molecule has 8 aliphatic rings. The summed E-state index contributed by atoms with van der Waals surface area (Å²) in [5.74, 6) is 2.48. The molecule has 28 heavy (non-hydrogen) atoms. The van der Waals surface area contributed by atoms with Crippen LogP contribution in [0.5, 0.6) is 0 Å². The van der Waals surface area contributed by atoms with E-state index in [4.69, 9.17) is 9.47 Å². The van der Waals surface area contributed by atoms with Crippen LogP contribution in [0.4, 0.5) is 0 Å². The van der Waals surface area contributed by atoms with Crippen LogP contribution in [-0.4, -0.2) is 35.7 Å². The third-order valence-corrected chi connectivity index (χ3v) is 8.91. The largest absolute Gasteiger partial charge is 0.454 e. The van der Waals surface area contributed by atoms with E-state index in [0.717, 1.165) is 11.1 Å². The highest BCUT2D eigenvalue weighted by Gasteiger charge is 2.83. The van der Waals surface area contributed by atoms with Crippen LogP contribution >= 0.6 is 0 Å². The Hall–Kier alpha value is -2.24. The molecule has 0 spiro atoms. The summed E-state index contributed by atoms with van der Waals surface area (Å²) < 4.78 is 10.6. The average Bonchev–Trinajstić information content (AvgIpc) is 3.41. The first-order valence-electron chi connectivity index (χ1n) is 10.3. The van der Waals surface area contributed by atoms with Crippen molar-refractivity contribution in [3.8, 4) is 0 Å². The molecule has 0 aromatic carbocycles. The maximum atomic E-state index is 13.0. The van der Waals surface area contributed by atoms with Gasteiger partial charge in [0.15, 0.2) is 23.8 Å². The molecule has 4 unspecified atom stereocenters. The van der Waals surface area contributed by atoms with Crippen molar-refractivity contribution in [3.63, 3.8) is 0 Å². The van der Waals surface area contributed by atoms with Gasteiger partial charge in [-0.1, -0.05) is 11.1 Å². The second-order valence-electron chi connectivity index (χ2n) is 9.62. The molecule has 10 atom stereocenters. The Morgan fingerprint density at radius 1 is 0.679 bits per heavy atom. The second-order valence-corrected chi connectivity index (χ2v) is 9.62. The van der Waals surface area contributed by atoms with Crippen LogP contribution in [0.15, 0.2) is 22.3 Å². The highest BCUT2D eigenvalue weighted by atomic mass is 16.5. The van der Waals surface area contributed by atoms with Crippen molar-refractivity contribution in [3.05, 3.63) is 22.3 Å². The van der Waals surface area contributed by atoms with E-state index in [1.54, 1.807) is 0 Å². The van der Waals surface area contributed by atoms with Gasteiger partial charge in [0.1, 0.15) is 0 Å². The van der Waals surface area contributed by atoms with Crippen LogP contribution in [0.3, 0.4) is 0 Å². The fraction of sp³-hybridized carbons (Fsp3) is 0.636. The summed E-state index contributed by atoms with van der Waals surface area (Å²) in [6, 6.07) is 0. The van der Waals surface area contributed by atoms with E-state index < -0.39 is 24.1 Å². The summed E-state index contributed by atoms with van der Waals surface area (Å²) >= 11 is 0. The lowest BCUT2D eigenvalue weighted by Gasteiger charge is -2.35. The average molecular weight is 380 g/mol. The quantitative estimate of drug-likeness (QED) is 0.673. The minimum atomic E-state index is -0.630. The molecule has 0 aromatic heterocycles. The Balaban J connectivity index is 1.23. The summed E-state index contributed by atoms with van der Waals surface area (Å²) in [5.41, 5.74) is 4.39. The predicted molar refractivity (Wildman–Crippen MR) is 92.3 cm³/mol. The number of esters is 2. The van der Waals surface area contributed by atoms with Gasteiger partial charge in [-0.3, -0.25) is 19.2 Å². The van der Waals surface area contributed by atoms with Crippen LogP contribution in [0.2, 0.25) is 0 Å². The van der Waals surface area contributed by atoms with Crippen molar-refractivity contribution in [2.75, 3.05) is 0 Å². The van der Waals surface area contributed by atoms with E-state index in [2.05, 4.69) is 0 Å². The zero-order valence-electron chi connectivity index (χ0n) is 15.6. The number of hydrogen-bond donors (Lipinski definition) is 0. The zero-order chi connectivity index (χ0) is 19.2. The minimum Gasteiger partial charge on any atom is -0.454 e. The first kappa shape index (κ1) is 15.7. The summed E-state index contributed by atoms with van der Waals surface area (Å²) in [4.78, 5) is 48.7.